The molecule has 7 rings (SSSR count). The fourth-order valence-electron chi connectivity index (χ4n) is 9.87. The molecule has 1 unspecified atom stereocenters. The highest BCUT2D eigenvalue weighted by Crippen LogP contribution is 2.40. The molecule has 0 radical (unpaired) electrons. The van der Waals surface area contributed by atoms with Crippen LogP contribution in [0, 0.1) is 5.41 Å². The molecule has 2 saturated heterocycles. The number of ether oxygens (including phenoxy) is 5. The number of unbranched alkanes of at least 4 members (excludes halogenated alkanes) is 1. The largest absolute Gasteiger partial charge is 0.493 e. The molecule has 0 bridgehead atoms. The molecule has 22 heteroatoms. The van der Waals surface area contributed by atoms with E-state index in [1.54, 1.807) is 74.5 Å². The van der Waals surface area contributed by atoms with Crippen molar-refractivity contribution >= 4 is 70.7 Å². The Morgan fingerprint density at radius 1 is 0.759 bits per heavy atom. The van der Waals surface area contributed by atoms with Crippen molar-refractivity contribution in [2.75, 3.05) is 45.8 Å². The number of hydrogen-bond donors (Lipinski definition) is 4. The van der Waals surface area contributed by atoms with Crippen LogP contribution in [0.15, 0.2) is 91.0 Å². The predicted octanol–water partition coefficient (Wildman–Crippen LogP) is 5.63. The molecule has 0 aromatic heterocycles. The van der Waals surface area contributed by atoms with Gasteiger partial charge in [0.1, 0.15) is 24.5 Å². The van der Waals surface area contributed by atoms with Crippen LogP contribution < -0.4 is 35.5 Å². The highest BCUT2D eigenvalue weighted by atomic mass is 16.5. The summed E-state index contributed by atoms with van der Waals surface area (Å²) in [7, 11) is 3.07. The number of rotatable bonds is 27. The number of aryl methyl sites for hydroxylation is 1. The number of carbonyl (C=O) groups excluding carboxylic acids is 11. The zero-order valence-electron chi connectivity index (χ0n) is 47.3. The van der Waals surface area contributed by atoms with Crippen molar-refractivity contribution in [3.63, 3.8) is 0 Å². The molecule has 83 heavy (non-hydrogen) atoms. The van der Waals surface area contributed by atoms with Gasteiger partial charge in [-0.1, -0.05) is 75.4 Å². The number of imide groups is 2. The predicted molar refractivity (Wildman–Crippen MR) is 298 cm³/mol. The number of ketones is 1. The van der Waals surface area contributed by atoms with E-state index in [4.69, 9.17) is 23.7 Å². The number of anilines is 1. The average Bonchev–Trinajstić information content (AvgIpc) is 2.74. The highest BCUT2D eigenvalue weighted by Gasteiger charge is 2.62. The molecule has 0 saturated carbocycles. The molecule has 3 aliphatic rings. The van der Waals surface area contributed by atoms with Crippen LogP contribution in [-0.4, -0.2) is 127 Å². The van der Waals surface area contributed by atoms with E-state index in [0.717, 1.165) is 5.56 Å². The van der Waals surface area contributed by atoms with Gasteiger partial charge in [-0.15, -0.1) is 0 Å². The number of hydrogen-bond acceptors (Lipinski definition) is 16. The van der Waals surface area contributed by atoms with Crippen molar-refractivity contribution in [1.29, 1.82) is 0 Å². The minimum atomic E-state index is -2.50. The molecule has 4 N–H and O–H groups in total. The summed E-state index contributed by atoms with van der Waals surface area (Å²) in [5.74, 6) is -7.50. The van der Waals surface area contributed by atoms with Crippen LogP contribution in [0.4, 0.5) is 5.69 Å². The van der Waals surface area contributed by atoms with Gasteiger partial charge in [0.05, 0.1) is 25.3 Å². The van der Waals surface area contributed by atoms with Crippen LogP contribution in [0.25, 0.3) is 0 Å². The summed E-state index contributed by atoms with van der Waals surface area (Å²) < 4.78 is 28.3. The molecule has 3 atom stereocenters. The van der Waals surface area contributed by atoms with Crippen LogP contribution in [0.1, 0.15) is 135 Å². The van der Waals surface area contributed by atoms with Gasteiger partial charge < -0.3 is 44.5 Å². The van der Waals surface area contributed by atoms with Crippen LogP contribution in [0.5, 0.6) is 17.2 Å². The van der Waals surface area contributed by atoms with Gasteiger partial charge in [0.15, 0.2) is 18.1 Å². The van der Waals surface area contributed by atoms with E-state index in [2.05, 4.69) is 21.3 Å². The van der Waals surface area contributed by atoms with Crippen molar-refractivity contribution in [2.24, 2.45) is 5.41 Å². The normalized spacial score (nSPS) is 17.1. The van der Waals surface area contributed by atoms with E-state index >= 15 is 0 Å². The summed E-state index contributed by atoms with van der Waals surface area (Å²) in [6.07, 6.45) is 1.76. The first-order valence-corrected chi connectivity index (χ1v) is 27.7. The third-order valence-electron chi connectivity index (χ3n) is 15.0. The number of nitrogens with zero attached hydrogens (tertiary/aromatic N) is 2. The average molecular weight is 1140 g/mol. The second-order valence-electron chi connectivity index (χ2n) is 21.0. The number of esters is 2. The lowest BCUT2D eigenvalue weighted by Crippen LogP contribution is -2.68. The Bertz CT molecular complexity index is 3130. The molecule has 0 spiro atoms. The first-order valence-electron chi connectivity index (χ1n) is 27.7. The van der Waals surface area contributed by atoms with E-state index in [1.165, 1.54) is 37.3 Å². The molecule has 2 fully saturated rings. The van der Waals surface area contributed by atoms with Crippen molar-refractivity contribution in [3.8, 4) is 17.2 Å². The van der Waals surface area contributed by atoms with Gasteiger partial charge in [-0.3, -0.25) is 48.5 Å². The summed E-state index contributed by atoms with van der Waals surface area (Å²) in [6, 6.07) is 24.0. The quantitative estimate of drug-likeness (QED) is 0.0185. The second kappa shape index (κ2) is 28.2. The Labute approximate surface area is 480 Å². The third kappa shape index (κ3) is 15.0. The van der Waals surface area contributed by atoms with Crippen LogP contribution in [0.3, 0.4) is 0 Å². The first-order chi connectivity index (χ1) is 39.8. The second-order valence-corrected chi connectivity index (χ2v) is 21.0. The van der Waals surface area contributed by atoms with Crippen molar-refractivity contribution in [2.45, 2.75) is 122 Å². The summed E-state index contributed by atoms with van der Waals surface area (Å²) in [4.78, 5) is 149. The zero-order valence-corrected chi connectivity index (χ0v) is 47.3. The summed E-state index contributed by atoms with van der Waals surface area (Å²) >= 11 is 0. The number of carbonyl (C=O) groups is 11. The molecule has 3 heterocycles. The summed E-state index contributed by atoms with van der Waals surface area (Å²) in [5, 5.41) is 10.3. The number of likely N-dealkylation sites (tertiary alicyclic amines) is 1. The maximum atomic E-state index is 14.1. The van der Waals surface area contributed by atoms with Gasteiger partial charge >= 0.3 is 11.9 Å². The number of benzene rings is 4. The standard InChI is InChI=1S/C61H70N6O16/c1-6-60(2,3)53(72)56(75)66-33-13-10-21-43(66)57(76)83-44(25-23-38-24-26-45(79-4)47(34-38)80-5)40-18-14-19-41(35-40)64-49(69)28-27-48(68)62-31-11-12-32-63-51(71)37-81-46-22-15-20-42-52(46)55(74)67(54(42)73)61(30-29-50(70)65-58(61)77)59(78)82-36-39-16-8-7-9-17-39/h7-9,14-20,22,24,26,34-35,43-44H,6,10-13,21,23,25,27-33,36-37H2,1-5H3,(H,62,68)(H,63,71)(H,64,69)(H,65,70,77)/t43-,44+,61?/m0/s1. The maximum Gasteiger partial charge on any atom is 0.342 e. The Morgan fingerprint density at radius 2 is 1.47 bits per heavy atom. The Balaban J connectivity index is 0.869. The lowest BCUT2D eigenvalue weighted by atomic mass is 9.84. The summed E-state index contributed by atoms with van der Waals surface area (Å²) in [6.45, 7) is 5.08. The zero-order chi connectivity index (χ0) is 59.8. The van der Waals surface area contributed by atoms with Crippen molar-refractivity contribution in [1.82, 2.24) is 25.8 Å². The molecule has 3 aliphatic heterocycles. The van der Waals surface area contributed by atoms with E-state index in [0.29, 0.717) is 84.6 Å². The van der Waals surface area contributed by atoms with Gasteiger partial charge in [0.25, 0.3) is 29.5 Å². The maximum absolute atomic E-state index is 14.1. The lowest BCUT2D eigenvalue weighted by molar-refractivity contribution is -0.165. The Morgan fingerprint density at radius 3 is 2.18 bits per heavy atom. The third-order valence-corrected chi connectivity index (χ3v) is 15.0. The smallest absolute Gasteiger partial charge is 0.342 e. The first kappa shape index (κ1) is 61.7. The van der Waals surface area contributed by atoms with Crippen LogP contribution >= 0.6 is 0 Å². The van der Waals surface area contributed by atoms with Gasteiger partial charge in [-0.25, -0.2) is 14.5 Å². The number of Topliss-reactive ketones (excluding diaryl/α,β-unsaturated/α-hetero) is 1. The lowest BCUT2D eigenvalue weighted by Gasteiger charge is -2.38. The molecular formula is C61H70N6O16. The van der Waals surface area contributed by atoms with Crippen molar-refractivity contribution in [3.05, 3.63) is 119 Å². The van der Waals surface area contributed by atoms with Gasteiger partial charge in [-0.05, 0) is 111 Å². The van der Waals surface area contributed by atoms with Crippen LogP contribution in [0.2, 0.25) is 0 Å². The fourth-order valence-corrected chi connectivity index (χ4v) is 9.87. The number of fused-ring (bicyclic) bond motifs is 1. The molecule has 0 aliphatic carbocycles. The van der Waals surface area contributed by atoms with Crippen molar-refractivity contribution < 1.29 is 76.4 Å². The van der Waals surface area contributed by atoms with E-state index in [-0.39, 0.29) is 68.3 Å². The van der Waals surface area contributed by atoms with Gasteiger partial charge in [0.2, 0.25) is 29.0 Å². The number of amides is 8. The van der Waals surface area contributed by atoms with Gasteiger partial charge in [0, 0.05) is 50.0 Å². The Hall–Kier alpha value is -8.95. The molecule has 4 aromatic carbocycles. The Kier molecular flexibility index (Phi) is 20.9. The van der Waals surface area contributed by atoms with E-state index in [1.807, 2.05) is 19.1 Å². The molecule has 440 valence electrons. The highest BCUT2D eigenvalue weighted by molar-refractivity contribution is 6.38. The summed E-state index contributed by atoms with van der Waals surface area (Å²) in [5.41, 5.74) is -1.45. The topological polar surface area (TPSA) is 289 Å². The van der Waals surface area contributed by atoms with Crippen LogP contribution in [-0.2, 0) is 65.7 Å². The number of methoxy groups -OCH3 is 2. The number of nitrogens with one attached hydrogen (secondary N) is 4. The molecule has 8 amide bonds. The minimum Gasteiger partial charge on any atom is -0.493 e. The van der Waals surface area contributed by atoms with E-state index in [9.17, 15) is 52.7 Å². The monoisotopic (exact) mass is 1140 g/mol. The minimum absolute atomic E-state index is 0.124. The molecule has 22 nitrogen and oxygen atoms in total. The molecular weight excluding hydrogens is 1070 g/mol. The van der Waals surface area contributed by atoms with E-state index < -0.39 is 95.2 Å². The van der Waals surface area contributed by atoms with Gasteiger partial charge in [-0.2, -0.15) is 0 Å². The fraction of sp³-hybridized carbons (Fsp3) is 0.426. The molecule has 4 aromatic rings. The number of piperidine rings is 2. The SMILES string of the molecule is CCC(C)(C)C(=O)C(=O)N1CCCC[C@H]1C(=O)O[C@H](CCc1ccc(OC)c(OC)c1)c1cccc(NC(=O)CCC(=O)NCCCCNC(=O)COc2cccc3c2C(=O)N(C2(C(=O)OCc4ccccc4)CCC(=O)NC2=O)C3=O)c1.